The van der Waals surface area contributed by atoms with Crippen LogP contribution in [0.25, 0.3) is 0 Å². The zero-order valence-electron chi connectivity index (χ0n) is 11.3. The molecule has 1 aliphatic carbocycles. The molecule has 106 valence electrons. The van der Waals surface area contributed by atoms with Gasteiger partial charge in [-0.1, -0.05) is 19.1 Å². The van der Waals surface area contributed by atoms with Crippen LogP contribution in [0.15, 0.2) is 29.2 Å². The van der Waals surface area contributed by atoms with E-state index in [0.717, 1.165) is 25.8 Å². The maximum absolute atomic E-state index is 11.0. The van der Waals surface area contributed by atoms with Gasteiger partial charge in [-0.25, -0.2) is 0 Å². The number of para-hydroxylation sites is 1. The topological polar surface area (TPSA) is 79.0 Å². The minimum Gasteiger partial charge on any atom is -0.300 e. The van der Waals surface area contributed by atoms with E-state index in [-0.39, 0.29) is 15.9 Å². The number of hydrogen-bond donors (Lipinski definition) is 1. The number of benzene rings is 1. The number of nitrogens with zero attached hydrogens (tertiary/aromatic N) is 2. The van der Waals surface area contributed by atoms with Gasteiger partial charge in [-0.15, -0.1) is 11.8 Å². The van der Waals surface area contributed by atoms with Gasteiger partial charge < -0.3 is 0 Å². The zero-order chi connectivity index (χ0) is 14.6. The summed E-state index contributed by atoms with van der Waals surface area (Å²) in [7, 11) is 0. The highest BCUT2D eigenvalue weighted by atomic mass is 32.2. The van der Waals surface area contributed by atoms with E-state index in [1.54, 1.807) is 12.1 Å². The summed E-state index contributed by atoms with van der Waals surface area (Å²) in [4.78, 5) is 11.3. The summed E-state index contributed by atoms with van der Waals surface area (Å²) < 4.78 is 0. The molecule has 1 N–H and O–H groups in total. The minimum absolute atomic E-state index is 0.149. The van der Waals surface area contributed by atoms with Crippen molar-refractivity contribution >= 4 is 17.4 Å². The fourth-order valence-electron chi connectivity index (χ4n) is 2.63. The molecule has 0 spiro atoms. The van der Waals surface area contributed by atoms with Crippen LogP contribution in [0.4, 0.5) is 5.69 Å². The van der Waals surface area contributed by atoms with Crippen molar-refractivity contribution in [3.8, 4) is 6.07 Å². The molecule has 0 aromatic heterocycles. The first-order valence-corrected chi connectivity index (χ1v) is 7.54. The number of thioether (sulfide) groups is 1. The van der Waals surface area contributed by atoms with E-state index in [4.69, 9.17) is 0 Å². The molecule has 1 saturated carbocycles. The van der Waals surface area contributed by atoms with E-state index in [9.17, 15) is 15.4 Å². The highest BCUT2D eigenvalue weighted by molar-refractivity contribution is 8.00. The Morgan fingerprint density at radius 3 is 3.00 bits per heavy atom. The summed E-state index contributed by atoms with van der Waals surface area (Å²) in [5.74, 6) is 0. The monoisotopic (exact) mass is 291 g/mol. The Hall–Kier alpha value is -1.58. The van der Waals surface area contributed by atoms with E-state index in [1.807, 2.05) is 13.0 Å². The predicted octanol–water partition coefficient (Wildman–Crippen LogP) is 3.11. The summed E-state index contributed by atoms with van der Waals surface area (Å²) in [5.41, 5.74) is -0.314. The minimum atomic E-state index is -0.462. The average Bonchev–Trinajstić information content (AvgIpc) is 2.83. The predicted molar refractivity (Wildman–Crippen MR) is 78.6 cm³/mol. The van der Waals surface area contributed by atoms with E-state index in [0.29, 0.717) is 4.90 Å². The van der Waals surface area contributed by atoms with Crippen molar-refractivity contribution in [1.29, 1.82) is 5.26 Å². The van der Waals surface area contributed by atoms with Crippen LogP contribution in [0, 0.1) is 21.4 Å². The van der Waals surface area contributed by atoms with Crippen LogP contribution >= 0.6 is 11.8 Å². The molecule has 0 amide bonds. The number of hydrogen-bond acceptors (Lipinski definition) is 5. The maximum atomic E-state index is 11.0. The lowest BCUT2D eigenvalue weighted by atomic mass is 10.0. The molecule has 0 aliphatic heterocycles. The second-order valence-electron chi connectivity index (χ2n) is 4.93. The van der Waals surface area contributed by atoms with E-state index in [1.165, 1.54) is 17.8 Å². The van der Waals surface area contributed by atoms with Crippen molar-refractivity contribution in [1.82, 2.24) is 5.32 Å². The Labute approximate surface area is 122 Å². The van der Waals surface area contributed by atoms with Gasteiger partial charge in [-0.2, -0.15) is 5.26 Å². The number of nitro groups is 1. The van der Waals surface area contributed by atoms with Crippen LogP contribution in [-0.2, 0) is 0 Å². The lowest BCUT2D eigenvalue weighted by Gasteiger charge is -2.21. The van der Waals surface area contributed by atoms with Gasteiger partial charge in [0.1, 0.15) is 5.54 Å². The van der Waals surface area contributed by atoms with E-state index in [2.05, 4.69) is 11.4 Å². The fraction of sp³-hybridized carbons (Fsp3) is 0.500. The SMILES string of the molecule is CCNC1(C#N)CCC(Sc2ccccc2[N+](=O)[O-])C1. The summed E-state index contributed by atoms with van der Waals surface area (Å²) in [6.45, 7) is 2.75. The van der Waals surface area contributed by atoms with Crippen molar-refractivity contribution < 1.29 is 4.92 Å². The van der Waals surface area contributed by atoms with Crippen LogP contribution < -0.4 is 5.32 Å². The van der Waals surface area contributed by atoms with Gasteiger partial charge >= 0.3 is 0 Å². The van der Waals surface area contributed by atoms with Crippen LogP contribution in [0.2, 0.25) is 0 Å². The molecule has 0 bridgehead atoms. The molecule has 2 atom stereocenters. The van der Waals surface area contributed by atoms with Gasteiger partial charge in [-0.3, -0.25) is 15.4 Å². The second-order valence-corrected chi connectivity index (χ2v) is 6.27. The largest absolute Gasteiger partial charge is 0.300 e. The first-order chi connectivity index (χ1) is 9.60. The molecule has 5 nitrogen and oxygen atoms in total. The molecule has 6 heteroatoms. The third-order valence-electron chi connectivity index (χ3n) is 3.55. The molecule has 2 unspecified atom stereocenters. The number of nitriles is 1. The first kappa shape index (κ1) is 14.8. The van der Waals surface area contributed by atoms with Crippen LogP contribution in [-0.4, -0.2) is 22.3 Å². The highest BCUT2D eigenvalue weighted by Crippen LogP contribution is 2.42. The van der Waals surface area contributed by atoms with Crippen molar-refractivity contribution in [3.05, 3.63) is 34.4 Å². The number of nitrogens with one attached hydrogen (secondary N) is 1. The first-order valence-electron chi connectivity index (χ1n) is 6.66. The number of nitro benzene ring substituents is 1. The standard InChI is InChI=1S/C14H17N3O2S/c1-2-16-14(10-15)8-7-11(9-14)20-13-6-4-3-5-12(13)17(18)19/h3-6,11,16H,2,7-9H2,1H3. The Morgan fingerprint density at radius 1 is 1.60 bits per heavy atom. The van der Waals surface area contributed by atoms with Gasteiger partial charge in [0.25, 0.3) is 5.69 Å². The van der Waals surface area contributed by atoms with Crippen molar-refractivity contribution in [3.63, 3.8) is 0 Å². The summed E-state index contributed by atoms with van der Waals surface area (Å²) in [6.07, 6.45) is 2.43. The van der Waals surface area contributed by atoms with E-state index >= 15 is 0 Å². The van der Waals surface area contributed by atoms with Gasteiger partial charge in [0, 0.05) is 11.3 Å². The average molecular weight is 291 g/mol. The summed E-state index contributed by atoms with van der Waals surface area (Å²) >= 11 is 1.52. The molecule has 0 radical (unpaired) electrons. The van der Waals surface area contributed by atoms with Crippen molar-refractivity contribution in [2.75, 3.05) is 6.54 Å². The van der Waals surface area contributed by atoms with Crippen molar-refractivity contribution in [2.24, 2.45) is 0 Å². The normalized spacial score (nSPS) is 25.3. The van der Waals surface area contributed by atoms with E-state index < -0.39 is 5.54 Å². The molecular weight excluding hydrogens is 274 g/mol. The summed E-state index contributed by atoms with van der Waals surface area (Å²) in [6, 6.07) is 9.17. The quantitative estimate of drug-likeness (QED) is 0.666. The molecule has 2 rings (SSSR count). The molecule has 1 aromatic rings. The third-order valence-corrected chi connectivity index (χ3v) is 4.89. The molecule has 20 heavy (non-hydrogen) atoms. The molecular formula is C14H17N3O2S. The Kier molecular flexibility index (Phi) is 4.63. The number of rotatable bonds is 5. The molecule has 1 aliphatic rings. The Balaban J connectivity index is 2.10. The molecule has 1 aromatic carbocycles. The second kappa shape index (κ2) is 6.25. The van der Waals surface area contributed by atoms with Gasteiger partial charge in [0.2, 0.25) is 0 Å². The van der Waals surface area contributed by atoms with Gasteiger partial charge in [-0.05, 0) is 31.9 Å². The van der Waals surface area contributed by atoms with Gasteiger partial charge in [0.15, 0.2) is 0 Å². The van der Waals surface area contributed by atoms with Crippen LogP contribution in [0.3, 0.4) is 0 Å². The third kappa shape index (κ3) is 3.11. The Morgan fingerprint density at radius 2 is 2.35 bits per heavy atom. The van der Waals surface area contributed by atoms with Gasteiger partial charge in [0.05, 0.1) is 15.9 Å². The molecule has 0 saturated heterocycles. The molecule has 0 heterocycles. The lowest BCUT2D eigenvalue weighted by molar-refractivity contribution is -0.387. The van der Waals surface area contributed by atoms with Crippen molar-refractivity contribution in [2.45, 2.75) is 41.9 Å². The highest BCUT2D eigenvalue weighted by Gasteiger charge is 2.39. The van der Waals surface area contributed by atoms with Crippen LogP contribution in [0.1, 0.15) is 26.2 Å². The zero-order valence-corrected chi connectivity index (χ0v) is 12.2. The smallest absolute Gasteiger partial charge is 0.282 e. The molecule has 1 fully saturated rings. The fourth-order valence-corrected chi connectivity index (χ4v) is 4.01. The summed E-state index contributed by atoms with van der Waals surface area (Å²) in [5, 5.41) is 23.9. The van der Waals surface area contributed by atoms with Crippen LogP contribution in [0.5, 0.6) is 0 Å². The Bertz CT molecular complexity index is 543. The maximum Gasteiger partial charge on any atom is 0.282 e. The lowest BCUT2D eigenvalue weighted by Crippen LogP contribution is -2.41.